The zero-order chi connectivity index (χ0) is 30.7. The number of amides is 1. The van der Waals surface area contributed by atoms with Crippen LogP contribution < -0.4 is 15.7 Å². The van der Waals surface area contributed by atoms with Crippen molar-refractivity contribution in [3.05, 3.63) is 132 Å². The number of benzene rings is 4. The first kappa shape index (κ1) is 31.7. The molecule has 0 saturated carbocycles. The SMILES string of the molecule is CC(=O)O[C@@H](CO[Si](c1ccccc1)(c1ccccc1)C(C)(C)C)C[C@@H](NC(=O)OCc1ccccc1)c1ccccc1. The third-order valence-corrected chi connectivity index (χ3v) is 12.4. The summed E-state index contributed by atoms with van der Waals surface area (Å²) < 4.78 is 18.5. The van der Waals surface area contributed by atoms with E-state index in [1.807, 2.05) is 97.1 Å². The summed E-state index contributed by atoms with van der Waals surface area (Å²) in [7, 11) is -2.88. The molecule has 0 radical (unpaired) electrons. The molecular weight excluding hydrogens is 554 g/mol. The molecule has 0 heterocycles. The van der Waals surface area contributed by atoms with E-state index in [9.17, 15) is 9.59 Å². The van der Waals surface area contributed by atoms with Gasteiger partial charge >= 0.3 is 12.1 Å². The van der Waals surface area contributed by atoms with Crippen LogP contribution in [-0.2, 0) is 25.3 Å². The van der Waals surface area contributed by atoms with E-state index >= 15 is 0 Å². The van der Waals surface area contributed by atoms with Gasteiger partial charge < -0.3 is 19.2 Å². The van der Waals surface area contributed by atoms with Crippen molar-refractivity contribution in [1.82, 2.24) is 5.32 Å². The number of hydrogen-bond donors (Lipinski definition) is 1. The molecule has 0 aliphatic rings. The predicted molar refractivity (Wildman–Crippen MR) is 173 cm³/mol. The molecule has 6 nitrogen and oxygen atoms in total. The van der Waals surface area contributed by atoms with Crippen molar-refractivity contribution in [2.45, 2.75) is 57.9 Å². The summed E-state index contributed by atoms with van der Waals surface area (Å²) in [5.41, 5.74) is 1.77. The lowest BCUT2D eigenvalue weighted by molar-refractivity contribution is -0.148. The van der Waals surface area contributed by atoms with E-state index in [0.717, 1.165) is 21.5 Å². The number of alkyl carbamates (subject to hydrolysis) is 1. The first-order valence-corrected chi connectivity index (χ1v) is 16.5. The highest BCUT2D eigenvalue weighted by atomic mass is 28.4. The Morgan fingerprint density at radius 3 is 1.72 bits per heavy atom. The first-order valence-electron chi connectivity index (χ1n) is 14.6. The summed E-state index contributed by atoms with van der Waals surface area (Å²) >= 11 is 0. The normalized spacial score (nSPS) is 13.0. The van der Waals surface area contributed by atoms with Crippen LogP contribution in [0.1, 0.15) is 51.3 Å². The average Bonchev–Trinajstić information content (AvgIpc) is 3.01. The molecule has 1 amide bonds. The zero-order valence-electron chi connectivity index (χ0n) is 25.4. The molecule has 4 aromatic carbocycles. The van der Waals surface area contributed by atoms with E-state index in [1.165, 1.54) is 6.92 Å². The van der Waals surface area contributed by atoms with Crippen LogP contribution in [0, 0.1) is 0 Å². The molecule has 4 aromatic rings. The Labute approximate surface area is 256 Å². The quantitative estimate of drug-likeness (QED) is 0.149. The largest absolute Gasteiger partial charge is 0.460 e. The summed E-state index contributed by atoms with van der Waals surface area (Å²) in [5, 5.41) is 5.03. The number of nitrogens with one attached hydrogen (secondary N) is 1. The lowest BCUT2D eigenvalue weighted by atomic mass is 10.0. The Kier molecular flexibility index (Phi) is 10.9. The molecule has 0 bridgehead atoms. The zero-order valence-corrected chi connectivity index (χ0v) is 26.4. The first-order chi connectivity index (χ1) is 20.7. The molecule has 4 rings (SSSR count). The van der Waals surface area contributed by atoms with Gasteiger partial charge in [-0.05, 0) is 26.5 Å². The Morgan fingerprint density at radius 1 is 0.744 bits per heavy atom. The van der Waals surface area contributed by atoms with Gasteiger partial charge in [0.15, 0.2) is 0 Å². The third kappa shape index (κ3) is 8.43. The van der Waals surface area contributed by atoms with Crippen molar-refractivity contribution in [2.75, 3.05) is 6.61 Å². The molecule has 43 heavy (non-hydrogen) atoms. The van der Waals surface area contributed by atoms with Gasteiger partial charge in [-0.25, -0.2) is 4.79 Å². The second kappa shape index (κ2) is 14.8. The van der Waals surface area contributed by atoms with Gasteiger partial charge in [0.1, 0.15) is 12.7 Å². The van der Waals surface area contributed by atoms with Crippen molar-refractivity contribution < 1.29 is 23.5 Å². The van der Waals surface area contributed by atoms with Gasteiger partial charge in [-0.3, -0.25) is 4.79 Å². The van der Waals surface area contributed by atoms with Crippen LogP contribution in [0.15, 0.2) is 121 Å². The lowest BCUT2D eigenvalue weighted by Gasteiger charge is -2.43. The molecule has 2 atom stereocenters. The maximum atomic E-state index is 13.0. The third-order valence-electron chi connectivity index (χ3n) is 7.44. The van der Waals surface area contributed by atoms with Crippen molar-refractivity contribution in [3.63, 3.8) is 0 Å². The van der Waals surface area contributed by atoms with Crippen LogP contribution in [0.25, 0.3) is 0 Å². The molecule has 0 aliphatic carbocycles. The van der Waals surface area contributed by atoms with E-state index in [1.54, 1.807) is 0 Å². The minimum atomic E-state index is -2.88. The molecule has 7 heteroatoms. The Balaban J connectivity index is 1.61. The number of carbonyl (C=O) groups excluding carboxylic acids is 2. The average molecular weight is 596 g/mol. The fraction of sp³-hybridized carbons (Fsp3) is 0.278. The highest BCUT2D eigenvalue weighted by Crippen LogP contribution is 2.37. The maximum Gasteiger partial charge on any atom is 0.407 e. The lowest BCUT2D eigenvalue weighted by Crippen LogP contribution is -2.67. The van der Waals surface area contributed by atoms with Crippen LogP contribution in [0.4, 0.5) is 4.79 Å². The van der Waals surface area contributed by atoms with Crippen LogP contribution in [-0.4, -0.2) is 33.1 Å². The van der Waals surface area contributed by atoms with Crippen LogP contribution in [0.2, 0.25) is 5.04 Å². The number of rotatable bonds is 12. The molecular formula is C36H41NO5Si. The van der Waals surface area contributed by atoms with E-state index in [4.69, 9.17) is 13.9 Å². The van der Waals surface area contributed by atoms with Gasteiger partial charge in [-0.2, -0.15) is 0 Å². The van der Waals surface area contributed by atoms with Gasteiger partial charge in [0, 0.05) is 13.3 Å². The van der Waals surface area contributed by atoms with Crippen LogP contribution >= 0.6 is 0 Å². The second-order valence-corrected chi connectivity index (χ2v) is 15.9. The van der Waals surface area contributed by atoms with E-state index < -0.39 is 32.5 Å². The number of hydrogen-bond acceptors (Lipinski definition) is 5. The van der Waals surface area contributed by atoms with Crippen molar-refractivity contribution >= 4 is 30.8 Å². The molecule has 0 aromatic heterocycles. The highest BCUT2D eigenvalue weighted by molar-refractivity contribution is 6.99. The summed E-state index contributed by atoms with van der Waals surface area (Å²) in [6.07, 6.45) is -0.867. The van der Waals surface area contributed by atoms with Gasteiger partial charge in [-0.1, -0.05) is 142 Å². The highest BCUT2D eigenvalue weighted by Gasteiger charge is 2.50. The molecule has 1 N–H and O–H groups in total. The van der Waals surface area contributed by atoms with Crippen molar-refractivity contribution in [1.29, 1.82) is 0 Å². The molecule has 224 valence electrons. The summed E-state index contributed by atoms with van der Waals surface area (Å²) in [6, 6.07) is 39.4. The second-order valence-electron chi connectivity index (χ2n) is 11.6. The minimum absolute atomic E-state index is 0.151. The van der Waals surface area contributed by atoms with E-state index in [-0.39, 0.29) is 18.3 Å². The molecule has 0 aliphatic heterocycles. The standard InChI is InChI=1S/C36H41NO5Si/c1-28(38)42-31(25-34(30-19-11-6-12-20-30)37-35(39)40-26-29-17-9-5-10-18-29)27-41-43(36(2,3)4,32-21-13-7-14-22-32)33-23-15-8-16-24-33/h5-24,31,34H,25-27H2,1-4H3,(H,37,39)/t31-,34-/m1/s1. The molecule has 0 fully saturated rings. The van der Waals surface area contributed by atoms with Gasteiger partial charge in [-0.15, -0.1) is 0 Å². The van der Waals surface area contributed by atoms with Crippen LogP contribution in [0.3, 0.4) is 0 Å². The fourth-order valence-electron chi connectivity index (χ4n) is 5.50. The molecule has 0 spiro atoms. The minimum Gasteiger partial charge on any atom is -0.460 e. The fourth-order valence-corrected chi connectivity index (χ4v) is 10.1. The predicted octanol–water partition coefficient (Wildman–Crippen LogP) is 6.55. The van der Waals surface area contributed by atoms with Gasteiger partial charge in [0.2, 0.25) is 0 Å². The summed E-state index contributed by atoms with van der Waals surface area (Å²) in [6.45, 7) is 8.33. The Morgan fingerprint density at radius 2 is 1.23 bits per heavy atom. The Hall–Kier alpha value is -4.20. The van der Waals surface area contributed by atoms with E-state index in [2.05, 4.69) is 50.4 Å². The summed E-state index contributed by atoms with van der Waals surface area (Å²) in [5.74, 6) is -0.408. The smallest absolute Gasteiger partial charge is 0.407 e. The monoisotopic (exact) mass is 595 g/mol. The Bertz CT molecular complexity index is 1390. The molecule has 0 saturated heterocycles. The van der Waals surface area contributed by atoms with E-state index in [0.29, 0.717) is 6.42 Å². The molecule has 0 unspecified atom stereocenters. The van der Waals surface area contributed by atoms with Gasteiger partial charge in [0.05, 0.1) is 12.6 Å². The maximum absolute atomic E-state index is 13.0. The van der Waals surface area contributed by atoms with Crippen molar-refractivity contribution in [2.24, 2.45) is 0 Å². The number of esters is 1. The van der Waals surface area contributed by atoms with Crippen molar-refractivity contribution in [3.8, 4) is 0 Å². The summed E-state index contributed by atoms with van der Waals surface area (Å²) in [4.78, 5) is 25.3. The van der Waals surface area contributed by atoms with Gasteiger partial charge in [0.25, 0.3) is 8.32 Å². The number of carbonyl (C=O) groups is 2. The topological polar surface area (TPSA) is 73.9 Å². The number of ether oxygens (including phenoxy) is 2. The van der Waals surface area contributed by atoms with Crippen LogP contribution in [0.5, 0.6) is 0 Å².